The highest BCUT2D eigenvalue weighted by molar-refractivity contribution is 6.32. The van der Waals surface area contributed by atoms with Crippen LogP contribution in [0.3, 0.4) is 0 Å². The molecule has 4 heteroatoms. The maximum absolute atomic E-state index is 12.3. The number of nitrogens with one attached hydrogen (secondary N) is 1. The normalized spacial score (nSPS) is 10.9. The van der Waals surface area contributed by atoms with E-state index in [-0.39, 0.29) is 5.57 Å². The molecule has 0 bridgehead atoms. The van der Waals surface area contributed by atoms with Crippen molar-refractivity contribution in [3.8, 4) is 6.07 Å². The first kappa shape index (κ1) is 15.8. The molecule has 1 amide bonds. The van der Waals surface area contributed by atoms with E-state index in [0.29, 0.717) is 16.3 Å². The highest BCUT2D eigenvalue weighted by Gasteiger charge is 2.12. The van der Waals surface area contributed by atoms with Crippen LogP contribution >= 0.6 is 11.6 Å². The molecule has 1 N–H and O–H groups in total. The van der Waals surface area contributed by atoms with E-state index in [0.717, 1.165) is 11.1 Å². The van der Waals surface area contributed by atoms with Gasteiger partial charge >= 0.3 is 0 Å². The standard InChI is InChI=1S/C18H15ClN2O/c1-12-6-5-9-17(13(12)2)21-18(22)15(11-20)10-14-7-3-4-8-16(14)19/h3-10H,1-2H3,(H,21,22)/b15-10+. The lowest BCUT2D eigenvalue weighted by Crippen LogP contribution is -2.14. The number of amides is 1. The first-order chi connectivity index (χ1) is 10.5. The highest BCUT2D eigenvalue weighted by Crippen LogP contribution is 2.21. The van der Waals surface area contributed by atoms with Crippen molar-refractivity contribution in [3.63, 3.8) is 0 Å². The van der Waals surface area contributed by atoms with Gasteiger partial charge in [-0.1, -0.05) is 41.9 Å². The Morgan fingerprint density at radius 2 is 1.91 bits per heavy atom. The molecular weight excluding hydrogens is 296 g/mol. The third-order valence-corrected chi connectivity index (χ3v) is 3.77. The Bertz CT molecular complexity index is 788. The fourth-order valence-electron chi connectivity index (χ4n) is 1.97. The third-order valence-electron chi connectivity index (χ3n) is 3.42. The number of carbonyl (C=O) groups excluding carboxylic acids is 1. The summed E-state index contributed by atoms with van der Waals surface area (Å²) in [6, 6.07) is 14.6. The summed E-state index contributed by atoms with van der Waals surface area (Å²) in [5.41, 5.74) is 3.40. The van der Waals surface area contributed by atoms with E-state index in [1.165, 1.54) is 6.08 Å². The van der Waals surface area contributed by atoms with Crippen LogP contribution in [0, 0.1) is 25.2 Å². The van der Waals surface area contributed by atoms with E-state index in [1.54, 1.807) is 24.3 Å². The first-order valence-electron chi connectivity index (χ1n) is 6.77. The molecule has 0 saturated heterocycles. The number of hydrogen-bond donors (Lipinski definition) is 1. The van der Waals surface area contributed by atoms with E-state index in [1.807, 2.05) is 38.1 Å². The molecule has 0 radical (unpaired) electrons. The van der Waals surface area contributed by atoms with Crippen LogP contribution in [0.15, 0.2) is 48.0 Å². The summed E-state index contributed by atoms with van der Waals surface area (Å²) in [6.45, 7) is 3.89. The van der Waals surface area contributed by atoms with Gasteiger partial charge in [-0.3, -0.25) is 4.79 Å². The van der Waals surface area contributed by atoms with Crippen molar-refractivity contribution in [2.24, 2.45) is 0 Å². The molecule has 3 nitrogen and oxygen atoms in total. The topological polar surface area (TPSA) is 52.9 Å². The van der Waals surface area contributed by atoms with Gasteiger partial charge in [-0.15, -0.1) is 0 Å². The monoisotopic (exact) mass is 310 g/mol. The summed E-state index contributed by atoms with van der Waals surface area (Å²) in [7, 11) is 0. The molecular formula is C18H15ClN2O. The molecule has 0 unspecified atom stereocenters. The van der Waals surface area contributed by atoms with E-state index >= 15 is 0 Å². The van der Waals surface area contributed by atoms with Crippen LogP contribution in [0.5, 0.6) is 0 Å². The van der Waals surface area contributed by atoms with Crippen LogP contribution < -0.4 is 5.32 Å². The van der Waals surface area contributed by atoms with Crippen molar-refractivity contribution in [2.45, 2.75) is 13.8 Å². The second-order valence-corrected chi connectivity index (χ2v) is 5.30. The number of anilines is 1. The van der Waals surface area contributed by atoms with Crippen molar-refractivity contribution in [1.82, 2.24) is 0 Å². The molecule has 0 fully saturated rings. The molecule has 0 spiro atoms. The van der Waals surface area contributed by atoms with E-state index in [4.69, 9.17) is 11.6 Å². The fraction of sp³-hybridized carbons (Fsp3) is 0.111. The molecule has 0 aliphatic carbocycles. The number of carbonyl (C=O) groups is 1. The summed E-state index contributed by atoms with van der Waals surface area (Å²) in [4.78, 5) is 12.3. The Hall–Kier alpha value is -2.57. The number of rotatable bonds is 3. The quantitative estimate of drug-likeness (QED) is 0.670. The van der Waals surface area contributed by atoms with Gasteiger partial charge in [-0.2, -0.15) is 5.26 Å². The molecule has 0 aliphatic heterocycles. The van der Waals surface area contributed by atoms with Gasteiger partial charge < -0.3 is 5.32 Å². The van der Waals surface area contributed by atoms with Crippen molar-refractivity contribution in [3.05, 3.63) is 69.8 Å². The number of nitriles is 1. The predicted molar refractivity (Wildman–Crippen MR) is 89.6 cm³/mol. The maximum atomic E-state index is 12.3. The number of aryl methyl sites for hydroxylation is 1. The average molecular weight is 311 g/mol. The first-order valence-corrected chi connectivity index (χ1v) is 7.14. The van der Waals surface area contributed by atoms with Crippen LogP contribution in [-0.2, 0) is 4.79 Å². The fourth-order valence-corrected chi connectivity index (χ4v) is 2.16. The molecule has 22 heavy (non-hydrogen) atoms. The summed E-state index contributed by atoms with van der Waals surface area (Å²) in [6.07, 6.45) is 1.49. The minimum atomic E-state index is -0.448. The van der Waals surface area contributed by atoms with Crippen molar-refractivity contribution < 1.29 is 4.79 Å². The summed E-state index contributed by atoms with van der Waals surface area (Å²) >= 11 is 6.05. The zero-order valence-corrected chi connectivity index (χ0v) is 13.1. The zero-order valence-electron chi connectivity index (χ0n) is 12.4. The van der Waals surface area contributed by atoms with Gasteiger partial charge in [-0.05, 0) is 48.7 Å². The van der Waals surface area contributed by atoms with Gasteiger partial charge in [-0.25, -0.2) is 0 Å². The Kier molecular flexibility index (Phi) is 4.98. The largest absolute Gasteiger partial charge is 0.321 e. The predicted octanol–water partition coefficient (Wildman–Crippen LogP) is 4.50. The second kappa shape index (κ2) is 6.93. The SMILES string of the molecule is Cc1cccc(NC(=O)/C(C#N)=C/c2ccccc2Cl)c1C. The maximum Gasteiger partial charge on any atom is 0.266 e. The van der Waals surface area contributed by atoms with E-state index in [9.17, 15) is 10.1 Å². The van der Waals surface area contributed by atoms with E-state index < -0.39 is 5.91 Å². The number of hydrogen-bond acceptors (Lipinski definition) is 2. The molecule has 2 rings (SSSR count). The Morgan fingerprint density at radius 1 is 1.18 bits per heavy atom. The highest BCUT2D eigenvalue weighted by atomic mass is 35.5. The van der Waals surface area contributed by atoms with Gasteiger partial charge in [0, 0.05) is 10.7 Å². The lowest BCUT2D eigenvalue weighted by atomic mass is 10.1. The molecule has 0 aromatic heterocycles. The number of halogens is 1. The lowest BCUT2D eigenvalue weighted by molar-refractivity contribution is -0.112. The molecule has 0 saturated carbocycles. The third kappa shape index (κ3) is 3.55. The van der Waals surface area contributed by atoms with Gasteiger partial charge in [0.05, 0.1) is 0 Å². The van der Waals surface area contributed by atoms with Gasteiger partial charge in [0.1, 0.15) is 11.6 Å². The van der Waals surface area contributed by atoms with Crippen LogP contribution in [0.1, 0.15) is 16.7 Å². The van der Waals surface area contributed by atoms with E-state index in [2.05, 4.69) is 5.32 Å². The minimum absolute atomic E-state index is 0.00834. The van der Waals surface area contributed by atoms with Crippen LogP contribution in [0.2, 0.25) is 5.02 Å². The zero-order chi connectivity index (χ0) is 16.1. The Morgan fingerprint density at radius 3 is 2.59 bits per heavy atom. The van der Waals surface area contributed by atoms with Crippen LogP contribution in [0.25, 0.3) is 6.08 Å². The summed E-state index contributed by atoms with van der Waals surface area (Å²) in [5, 5.41) is 12.5. The van der Waals surface area contributed by atoms with Crippen molar-refractivity contribution >= 4 is 29.3 Å². The van der Waals surface area contributed by atoms with Gasteiger partial charge in [0.15, 0.2) is 0 Å². The second-order valence-electron chi connectivity index (χ2n) is 4.89. The molecule has 0 heterocycles. The average Bonchev–Trinajstić information content (AvgIpc) is 2.51. The number of benzene rings is 2. The smallest absolute Gasteiger partial charge is 0.266 e. The van der Waals surface area contributed by atoms with Crippen LogP contribution in [-0.4, -0.2) is 5.91 Å². The van der Waals surface area contributed by atoms with Crippen LogP contribution in [0.4, 0.5) is 5.69 Å². The lowest BCUT2D eigenvalue weighted by Gasteiger charge is -2.10. The summed E-state index contributed by atoms with van der Waals surface area (Å²) < 4.78 is 0. The van der Waals surface area contributed by atoms with Gasteiger partial charge in [0.2, 0.25) is 0 Å². The molecule has 0 aliphatic rings. The molecule has 0 atom stereocenters. The van der Waals surface area contributed by atoms with Crippen molar-refractivity contribution in [1.29, 1.82) is 5.26 Å². The molecule has 110 valence electrons. The molecule has 2 aromatic carbocycles. The Balaban J connectivity index is 2.29. The summed E-state index contributed by atoms with van der Waals surface area (Å²) in [5.74, 6) is -0.448. The Labute approximate surface area is 134 Å². The van der Waals surface area contributed by atoms with Gasteiger partial charge in [0.25, 0.3) is 5.91 Å². The molecule has 2 aromatic rings. The van der Waals surface area contributed by atoms with Crippen molar-refractivity contribution in [2.75, 3.05) is 5.32 Å². The minimum Gasteiger partial charge on any atom is -0.321 e. The number of nitrogens with zero attached hydrogens (tertiary/aromatic N) is 1.